The van der Waals surface area contributed by atoms with Crippen LogP contribution in [-0.4, -0.2) is 23.9 Å². The minimum atomic E-state index is -0.372. The number of hydrogen-bond donors (Lipinski definition) is 1. The van der Waals surface area contributed by atoms with Crippen molar-refractivity contribution in [2.24, 2.45) is 5.73 Å². The molecule has 0 aliphatic heterocycles. The Kier molecular flexibility index (Phi) is 4.11. The predicted octanol–water partition coefficient (Wildman–Crippen LogP) is 2.45. The lowest BCUT2D eigenvalue weighted by atomic mass is 10.1. The third-order valence-corrected chi connectivity index (χ3v) is 3.03. The molecule has 1 unspecified atom stereocenters. The van der Waals surface area contributed by atoms with Crippen molar-refractivity contribution in [2.75, 3.05) is 13.7 Å². The van der Waals surface area contributed by atoms with E-state index in [2.05, 4.69) is 26.1 Å². The molecule has 1 heterocycles. The first-order valence-corrected chi connectivity index (χ1v) is 6.25. The largest absolute Gasteiger partial charge is 0.383 e. The Balaban J connectivity index is 2.29. The molecule has 1 aromatic heterocycles. The minimum Gasteiger partial charge on any atom is -0.383 e. The lowest BCUT2D eigenvalue weighted by molar-refractivity contribution is 0.177. The average Bonchev–Trinajstić information content (AvgIpc) is 2.78. The molecule has 2 aromatic rings. The van der Waals surface area contributed by atoms with Crippen molar-refractivity contribution in [2.45, 2.75) is 13.0 Å². The molecule has 0 bridgehead atoms. The van der Waals surface area contributed by atoms with Gasteiger partial charge < -0.3 is 15.0 Å². The smallest absolute Gasteiger partial charge is 0.258 e. The number of methoxy groups -OCH3 is 1. The fourth-order valence-corrected chi connectivity index (χ4v) is 2.09. The van der Waals surface area contributed by atoms with E-state index in [1.165, 1.54) is 0 Å². The summed E-state index contributed by atoms with van der Waals surface area (Å²) in [6, 6.07) is 5.48. The van der Waals surface area contributed by atoms with Gasteiger partial charge in [-0.2, -0.15) is 4.98 Å². The molecule has 96 valence electrons. The highest BCUT2D eigenvalue weighted by atomic mass is 79.9. The minimum absolute atomic E-state index is 0.359. The fourth-order valence-electron chi connectivity index (χ4n) is 1.62. The van der Waals surface area contributed by atoms with Crippen molar-refractivity contribution in [1.82, 2.24) is 10.1 Å². The maximum atomic E-state index is 5.84. The van der Waals surface area contributed by atoms with E-state index in [9.17, 15) is 0 Å². The molecule has 0 amide bonds. The first-order valence-electron chi connectivity index (χ1n) is 5.46. The highest BCUT2D eigenvalue weighted by molar-refractivity contribution is 9.10. The number of nitrogens with zero attached hydrogens (tertiary/aromatic N) is 2. The van der Waals surface area contributed by atoms with Crippen molar-refractivity contribution in [1.29, 1.82) is 0 Å². The zero-order valence-electron chi connectivity index (χ0n) is 10.2. The average molecular weight is 312 g/mol. The molecule has 18 heavy (non-hydrogen) atoms. The van der Waals surface area contributed by atoms with Gasteiger partial charge in [-0.1, -0.05) is 21.1 Å². The molecule has 6 heteroatoms. The van der Waals surface area contributed by atoms with E-state index in [-0.39, 0.29) is 6.04 Å². The van der Waals surface area contributed by atoms with Gasteiger partial charge in [-0.05, 0) is 30.7 Å². The van der Waals surface area contributed by atoms with Crippen LogP contribution in [0.3, 0.4) is 0 Å². The van der Waals surface area contributed by atoms with E-state index in [4.69, 9.17) is 15.0 Å². The first-order chi connectivity index (χ1) is 8.61. The number of ether oxygens (including phenoxy) is 1. The number of hydrogen-bond acceptors (Lipinski definition) is 5. The third-order valence-electron chi connectivity index (χ3n) is 2.54. The summed E-state index contributed by atoms with van der Waals surface area (Å²) in [6.07, 6.45) is 0. The summed E-state index contributed by atoms with van der Waals surface area (Å²) < 4.78 is 11.2. The Morgan fingerprint density at radius 2 is 2.28 bits per heavy atom. The van der Waals surface area contributed by atoms with Gasteiger partial charge in [-0.25, -0.2) is 0 Å². The van der Waals surface area contributed by atoms with Gasteiger partial charge in [0.1, 0.15) is 0 Å². The molecule has 0 radical (unpaired) electrons. The summed E-state index contributed by atoms with van der Waals surface area (Å²) >= 11 is 3.41. The molecule has 0 aliphatic carbocycles. The summed E-state index contributed by atoms with van der Waals surface area (Å²) in [5.74, 6) is 0.927. The summed E-state index contributed by atoms with van der Waals surface area (Å²) in [5.41, 5.74) is 7.80. The number of rotatable bonds is 4. The van der Waals surface area contributed by atoms with Crippen LogP contribution < -0.4 is 5.73 Å². The van der Waals surface area contributed by atoms with Gasteiger partial charge >= 0.3 is 0 Å². The van der Waals surface area contributed by atoms with Crippen LogP contribution in [0.4, 0.5) is 0 Å². The van der Waals surface area contributed by atoms with Crippen LogP contribution in [0.25, 0.3) is 11.5 Å². The van der Waals surface area contributed by atoms with Crippen molar-refractivity contribution < 1.29 is 9.26 Å². The van der Waals surface area contributed by atoms with E-state index >= 15 is 0 Å². The van der Waals surface area contributed by atoms with Crippen LogP contribution in [0.1, 0.15) is 17.4 Å². The predicted molar refractivity (Wildman–Crippen MR) is 71.0 cm³/mol. The van der Waals surface area contributed by atoms with Crippen molar-refractivity contribution >= 4 is 15.9 Å². The van der Waals surface area contributed by atoms with Gasteiger partial charge in [0.25, 0.3) is 5.89 Å². The molecule has 0 spiro atoms. The van der Waals surface area contributed by atoms with Crippen LogP contribution >= 0.6 is 15.9 Å². The molecule has 5 nitrogen and oxygen atoms in total. The second-order valence-corrected chi connectivity index (χ2v) is 4.89. The third kappa shape index (κ3) is 2.77. The SMILES string of the molecule is COCC(N)c1noc(-c2ccc(Br)cc2C)n1. The normalized spacial score (nSPS) is 12.7. The second kappa shape index (κ2) is 5.60. The van der Waals surface area contributed by atoms with Gasteiger partial charge in [0.05, 0.1) is 12.6 Å². The second-order valence-electron chi connectivity index (χ2n) is 3.98. The van der Waals surface area contributed by atoms with E-state index in [1.807, 2.05) is 25.1 Å². The summed E-state index contributed by atoms with van der Waals surface area (Å²) in [4.78, 5) is 4.29. The number of aromatic nitrogens is 2. The summed E-state index contributed by atoms with van der Waals surface area (Å²) in [5, 5.41) is 3.87. The van der Waals surface area contributed by atoms with Crippen LogP contribution in [-0.2, 0) is 4.74 Å². The van der Waals surface area contributed by atoms with Crippen LogP contribution in [0.2, 0.25) is 0 Å². The number of halogens is 1. The highest BCUT2D eigenvalue weighted by Crippen LogP contribution is 2.25. The first kappa shape index (κ1) is 13.2. The fraction of sp³-hybridized carbons (Fsp3) is 0.333. The van der Waals surface area contributed by atoms with E-state index in [1.54, 1.807) is 7.11 Å². The molecule has 1 atom stereocenters. The van der Waals surface area contributed by atoms with Gasteiger partial charge in [-0.15, -0.1) is 0 Å². The molecule has 2 N–H and O–H groups in total. The van der Waals surface area contributed by atoms with E-state index in [0.717, 1.165) is 15.6 Å². The zero-order chi connectivity index (χ0) is 13.1. The van der Waals surface area contributed by atoms with Crippen LogP contribution in [0.15, 0.2) is 27.2 Å². The Hall–Kier alpha value is -1.24. The Morgan fingerprint density at radius 3 is 2.94 bits per heavy atom. The lowest BCUT2D eigenvalue weighted by Gasteiger charge is -2.03. The van der Waals surface area contributed by atoms with Gasteiger partial charge in [-0.3, -0.25) is 0 Å². The topological polar surface area (TPSA) is 74.2 Å². The van der Waals surface area contributed by atoms with Gasteiger partial charge in [0.15, 0.2) is 5.82 Å². The molecule has 2 rings (SSSR count). The molecule has 0 saturated heterocycles. The summed E-state index contributed by atoms with van der Waals surface area (Å²) in [7, 11) is 1.58. The van der Waals surface area contributed by atoms with Gasteiger partial charge in [0.2, 0.25) is 0 Å². The maximum absolute atomic E-state index is 5.84. The monoisotopic (exact) mass is 311 g/mol. The van der Waals surface area contributed by atoms with Crippen LogP contribution in [0, 0.1) is 6.92 Å². The molecule has 0 saturated carbocycles. The van der Waals surface area contributed by atoms with E-state index < -0.39 is 0 Å². The quantitative estimate of drug-likeness (QED) is 0.938. The molecule has 0 fully saturated rings. The molecule has 0 aliphatic rings. The molecule has 1 aromatic carbocycles. The van der Waals surface area contributed by atoms with Gasteiger partial charge in [0, 0.05) is 17.1 Å². The number of nitrogens with two attached hydrogens (primary N) is 1. The van der Waals surface area contributed by atoms with Crippen LogP contribution in [0.5, 0.6) is 0 Å². The molecular formula is C12H14BrN3O2. The lowest BCUT2D eigenvalue weighted by Crippen LogP contribution is -2.17. The number of benzene rings is 1. The zero-order valence-corrected chi connectivity index (χ0v) is 11.8. The van der Waals surface area contributed by atoms with E-state index in [0.29, 0.717) is 18.3 Å². The molecular weight excluding hydrogens is 298 g/mol. The standard InChI is InChI=1S/C12H14BrN3O2/c1-7-5-8(13)3-4-9(7)12-15-11(16-18-12)10(14)6-17-2/h3-5,10H,6,14H2,1-2H3. The van der Waals surface area contributed by atoms with Crippen molar-refractivity contribution in [3.05, 3.63) is 34.1 Å². The summed E-state index contributed by atoms with van der Waals surface area (Å²) in [6.45, 7) is 2.34. The highest BCUT2D eigenvalue weighted by Gasteiger charge is 2.16. The Labute approximate surface area is 113 Å². The maximum Gasteiger partial charge on any atom is 0.258 e. The Morgan fingerprint density at radius 1 is 1.50 bits per heavy atom. The van der Waals surface area contributed by atoms with Crippen molar-refractivity contribution in [3.63, 3.8) is 0 Å². The van der Waals surface area contributed by atoms with Crippen molar-refractivity contribution in [3.8, 4) is 11.5 Å². The number of aryl methyl sites for hydroxylation is 1. The Bertz CT molecular complexity index is 542.